The minimum Gasteiger partial charge on any atom is -0.311 e. The minimum atomic E-state index is 1.04. The van der Waals surface area contributed by atoms with Gasteiger partial charge in [0.15, 0.2) is 0 Å². The van der Waals surface area contributed by atoms with Crippen LogP contribution in [0.15, 0.2) is 315 Å². The van der Waals surface area contributed by atoms with Crippen molar-refractivity contribution in [2.75, 3.05) is 29.4 Å². The van der Waals surface area contributed by atoms with Gasteiger partial charge in [-0.25, -0.2) is 0 Å². The number of unbranched alkanes of at least 4 members (excludes halogenated alkanes) is 5. The Hall–Kier alpha value is -11.3. The standard InChI is InChI=1S/C101H106N6/c1-9-14-19-79-30-46-87(47-31-79)102(84-40-24-76(6)25-41-84)92-56-66-97(67-57-92)106(91-54-38-83(39-55-91)23-18-13-5)98-68-60-94(61-69-98)104(86-44-28-78(8)29-45-86)95-62-72-100(73-63-95)107(99-70-58-93(59-71-99)103(85-42-26-77(7)27-43-85)88-48-32-80(33-49-88)20-15-10-2)101-74-64-96(65-75-101)105(89-50-34-81(35-51-89)21-16-11-3)90-52-36-82(37-53-90)22-17-12-4/h24-75H,9-23H2,1-8H3. The van der Waals surface area contributed by atoms with Crippen molar-refractivity contribution in [2.24, 2.45) is 0 Å². The fourth-order valence-electron chi connectivity index (χ4n) is 14.5. The highest BCUT2D eigenvalue weighted by Gasteiger charge is 2.23. The number of hydrogen-bond donors (Lipinski definition) is 0. The molecule has 540 valence electrons. The van der Waals surface area contributed by atoms with Crippen molar-refractivity contribution in [3.8, 4) is 0 Å². The second-order valence-electron chi connectivity index (χ2n) is 29.0. The Morgan fingerprint density at radius 3 is 0.336 bits per heavy atom. The van der Waals surface area contributed by atoms with Crippen molar-refractivity contribution in [1.29, 1.82) is 0 Å². The molecule has 0 aliphatic heterocycles. The van der Waals surface area contributed by atoms with Crippen molar-refractivity contribution in [2.45, 2.75) is 152 Å². The lowest BCUT2D eigenvalue weighted by Gasteiger charge is -2.31. The van der Waals surface area contributed by atoms with Gasteiger partial charge < -0.3 is 29.4 Å². The lowest BCUT2D eigenvalue weighted by atomic mass is 10.1. The molecule has 0 unspecified atom stereocenters. The van der Waals surface area contributed by atoms with Crippen LogP contribution in [0, 0.1) is 20.8 Å². The zero-order valence-electron chi connectivity index (χ0n) is 64.3. The van der Waals surface area contributed by atoms with Gasteiger partial charge in [-0.15, -0.1) is 0 Å². The first-order valence-corrected chi connectivity index (χ1v) is 39.5. The zero-order valence-corrected chi connectivity index (χ0v) is 64.3. The average molecular weight is 1400 g/mol. The topological polar surface area (TPSA) is 19.4 Å². The Balaban J connectivity index is 0.873. The van der Waals surface area contributed by atoms with Gasteiger partial charge in [0, 0.05) is 102 Å². The lowest BCUT2D eigenvalue weighted by Crippen LogP contribution is -2.14. The fraction of sp³-hybridized carbons (Fsp3) is 0.228. The van der Waals surface area contributed by atoms with Crippen molar-refractivity contribution < 1.29 is 0 Å². The zero-order chi connectivity index (χ0) is 73.9. The summed E-state index contributed by atoms with van der Waals surface area (Å²) in [6.45, 7) is 17.8. The van der Waals surface area contributed by atoms with E-state index in [-0.39, 0.29) is 0 Å². The Labute approximate surface area is 639 Å². The molecule has 0 atom stereocenters. The normalized spacial score (nSPS) is 11.2. The van der Waals surface area contributed by atoms with E-state index in [1.807, 2.05) is 0 Å². The highest BCUT2D eigenvalue weighted by molar-refractivity contribution is 5.87. The summed E-state index contributed by atoms with van der Waals surface area (Å²) >= 11 is 0. The van der Waals surface area contributed by atoms with E-state index < -0.39 is 0 Å². The van der Waals surface area contributed by atoms with E-state index in [0.717, 1.165) is 141 Å². The van der Waals surface area contributed by atoms with Crippen LogP contribution in [0.4, 0.5) is 102 Å². The van der Waals surface area contributed by atoms with Crippen LogP contribution in [0.1, 0.15) is 143 Å². The van der Waals surface area contributed by atoms with Gasteiger partial charge in [-0.1, -0.05) is 180 Å². The van der Waals surface area contributed by atoms with Gasteiger partial charge in [-0.05, 0) is 331 Å². The van der Waals surface area contributed by atoms with Crippen LogP contribution in [0.2, 0.25) is 0 Å². The van der Waals surface area contributed by atoms with E-state index >= 15 is 0 Å². The average Bonchev–Trinajstić information content (AvgIpc) is 0.788. The molecule has 0 spiro atoms. The predicted molar refractivity (Wildman–Crippen MR) is 462 cm³/mol. The summed E-state index contributed by atoms with van der Waals surface area (Å²) in [6.07, 6.45) is 17.2. The summed E-state index contributed by atoms with van der Waals surface area (Å²) in [5, 5.41) is 0. The summed E-state index contributed by atoms with van der Waals surface area (Å²) in [4.78, 5) is 14.3. The van der Waals surface area contributed by atoms with Crippen molar-refractivity contribution in [3.63, 3.8) is 0 Å². The van der Waals surface area contributed by atoms with Gasteiger partial charge in [0.1, 0.15) is 0 Å². The van der Waals surface area contributed by atoms with Crippen molar-refractivity contribution in [1.82, 2.24) is 0 Å². The van der Waals surface area contributed by atoms with Crippen LogP contribution in [0.25, 0.3) is 0 Å². The molecule has 0 saturated heterocycles. The lowest BCUT2D eigenvalue weighted by molar-refractivity contribution is 0.795. The summed E-state index contributed by atoms with van der Waals surface area (Å²) in [5.41, 5.74) is 30.2. The van der Waals surface area contributed by atoms with Crippen LogP contribution in [-0.4, -0.2) is 0 Å². The summed E-state index contributed by atoms with van der Waals surface area (Å²) in [7, 11) is 0. The number of benzene rings is 13. The van der Waals surface area contributed by atoms with E-state index in [0.29, 0.717) is 0 Å². The van der Waals surface area contributed by atoms with Gasteiger partial charge in [-0.3, -0.25) is 0 Å². The van der Waals surface area contributed by atoms with Crippen LogP contribution in [-0.2, 0) is 32.1 Å². The van der Waals surface area contributed by atoms with E-state index in [1.54, 1.807) is 0 Å². The molecule has 0 aliphatic carbocycles. The van der Waals surface area contributed by atoms with Crippen molar-refractivity contribution >= 4 is 102 Å². The Morgan fingerprint density at radius 1 is 0.140 bits per heavy atom. The molecule has 13 aromatic rings. The Morgan fingerprint density at radius 2 is 0.234 bits per heavy atom. The third-order valence-corrected chi connectivity index (χ3v) is 20.8. The van der Waals surface area contributed by atoms with E-state index in [9.17, 15) is 0 Å². The molecule has 0 N–H and O–H groups in total. The first kappa shape index (κ1) is 74.0. The summed E-state index contributed by atoms with van der Waals surface area (Å²) in [6, 6.07) is 118. The molecule has 0 fully saturated rings. The van der Waals surface area contributed by atoms with Gasteiger partial charge >= 0.3 is 0 Å². The maximum atomic E-state index is 2.41. The molecule has 0 bridgehead atoms. The SMILES string of the molecule is CCCCc1ccc(N(c2ccc(C)cc2)c2ccc(N(c3ccc(CCCC)cc3)c3ccc(N(c4ccc(C)cc4)c4ccc(N(c5ccc(N(c6ccc(C)cc6)c6ccc(CCCC)cc6)cc5)c5ccc(N(c6ccc(CCCC)cc6)c6ccc(CCCC)cc6)cc5)cc4)cc3)cc2)cc1. The quantitative estimate of drug-likeness (QED) is 0.0405. The number of anilines is 18. The van der Waals surface area contributed by atoms with E-state index in [2.05, 4.69) is 400 Å². The first-order valence-electron chi connectivity index (χ1n) is 39.5. The highest BCUT2D eigenvalue weighted by atomic mass is 15.2. The second kappa shape index (κ2) is 36.1. The molecule has 0 radical (unpaired) electrons. The predicted octanol–water partition coefficient (Wildman–Crippen LogP) is 30.1. The third kappa shape index (κ3) is 18.3. The number of aryl methyl sites for hydroxylation is 8. The van der Waals surface area contributed by atoms with Gasteiger partial charge in [-0.2, -0.15) is 0 Å². The number of nitrogens with zero attached hydrogens (tertiary/aromatic N) is 6. The van der Waals surface area contributed by atoms with Gasteiger partial charge in [0.25, 0.3) is 0 Å². The molecule has 13 aromatic carbocycles. The molecular weight excluding hydrogens is 1300 g/mol. The molecule has 0 heterocycles. The fourth-order valence-corrected chi connectivity index (χ4v) is 14.5. The Bertz CT molecular complexity index is 4790. The molecule has 6 nitrogen and oxygen atoms in total. The largest absolute Gasteiger partial charge is 0.311 e. The van der Waals surface area contributed by atoms with E-state index in [1.165, 1.54) is 102 Å². The highest BCUT2D eigenvalue weighted by Crippen LogP contribution is 2.46. The molecule has 0 aliphatic rings. The monoisotopic (exact) mass is 1400 g/mol. The molecule has 107 heavy (non-hydrogen) atoms. The van der Waals surface area contributed by atoms with E-state index in [4.69, 9.17) is 0 Å². The summed E-state index contributed by atoms with van der Waals surface area (Å²) < 4.78 is 0. The molecular formula is C101H106N6. The molecule has 0 amide bonds. The summed E-state index contributed by atoms with van der Waals surface area (Å²) in [5.74, 6) is 0. The molecule has 6 heteroatoms. The van der Waals surface area contributed by atoms with Gasteiger partial charge in [0.05, 0.1) is 0 Å². The molecule has 0 saturated carbocycles. The van der Waals surface area contributed by atoms with Crippen LogP contribution >= 0.6 is 0 Å². The Kier molecular flexibility index (Phi) is 25.0. The minimum absolute atomic E-state index is 1.04. The third-order valence-electron chi connectivity index (χ3n) is 20.8. The first-order chi connectivity index (χ1) is 52.5. The number of rotatable bonds is 33. The maximum Gasteiger partial charge on any atom is 0.0463 e. The smallest absolute Gasteiger partial charge is 0.0463 e. The van der Waals surface area contributed by atoms with Crippen LogP contribution < -0.4 is 29.4 Å². The molecule has 13 rings (SSSR count). The van der Waals surface area contributed by atoms with Crippen molar-refractivity contribution in [3.05, 3.63) is 360 Å². The maximum absolute atomic E-state index is 2.41. The number of hydrogen-bond acceptors (Lipinski definition) is 6. The molecule has 0 aromatic heterocycles. The van der Waals surface area contributed by atoms with Crippen LogP contribution in [0.5, 0.6) is 0 Å². The van der Waals surface area contributed by atoms with Crippen LogP contribution in [0.3, 0.4) is 0 Å². The second-order valence-corrected chi connectivity index (χ2v) is 29.0. The van der Waals surface area contributed by atoms with Gasteiger partial charge in [0.2, 0.25) is 0 Å².